The first-order valence-corrected chi connectivity index (χ1v) is 8.82. The van der Waals surface area contributed by atoms with Crippen LogP contribution in [-0.4, -0.2) is 43.6 Å². The Morgan fingerprint density at radius 1 is 1.44 bits per heavy atom. The monoisotopic (exact) mass is 370 g/mol. The Labute approximate surface area is 156 Å². The molecule has 0 spiro atoms. The quantitative estimate of drug-likeness (QED) is 0.448. The third-order valence-corrected chi connectivity index (χ3v) is 4.49. The van der Waals surface area contributed by atoms with Crippen LogP contribution in [0.25, 0.3) is 11.0 Å². The molecule has 0 radical (unpaired) electrons. The number of terminal acetylenes is 1. The van der Waals surface area contributed by atoms with Gasteiger partial charge in [0.1, 0.15) is 12.3 Å². The number of nitrogen functional groups attached to an aromatic ring is 1. The highest BCUT2D eigenvalue weighted by atomic mass is 16.5. The number of hydrogen-bond donors (Lipinski definition) is 4. The third-order valence-electron chi connectivity index (χ3n) is 4.49. The number of nitrogens with one attached hydrogen (secondary N) is 1. The van der Waals surface area contributed by atoms with Gasteiger partial charge in [0.15, 0.2) is 5.65 Å². The molecule has 3 atom stereocenters. The van der Waals surface area contributed by atoms with Crippen molar-refractivity contribution in [2.45, 2.75) is 50.5 Å². The molecule has 8 nitrogen and oxygen atoms in total. The Bertz CT molecular complexity index is 976. The van der Waals surface area contributed by atoms with E-state index in [-0.39, 0.29) is 24.5 Å². The summed E-state index contributed by atoms with van der Waals surface area (Å²) in [5.41, 5.74) is 6.16. The van der Waals surface area contributed by atoms with Crippen LogP contribution in [-0.2, 0) is 4.74 Å². The van der Waals surface area contributed by atoms with Crippen LogP contribution in [0.3, 0.4) is 0 Å². The normalized spacial score (nSPS) is 21.7. The van der Waals surface area contributed by atoms with Gasteiger partial charge in [0.2, 0.25) is 5.95 Å². The van der Waals surface area contributed by atoms with Gasteiger partial charge in [0, 0.05) is 25.5 Å². The van der Waals surface area contributed by atoms with Crippen LogP contribution in [0, 0.1) is 24.2 Å². The van der Waals surface area contributed by atoms with Crippen molar-refractivity contribution >= 4 is 17.0 Å². The fourth-order valence-electron chi connectivity index (χ4n) is 3.14. The topological polar surface area (TPSA) is 126 Å². The molecule has 2 aromatic rings. The van der Waals surface area contributed by atoms with Gasteiger partial charge in [-0.3, -0.25) is 9.78 Å². The van der Waals surface area contributed by atoms with Gasteiger partial charge in [-0.15, -0.1) is 12.3 Å². The van der Waals surface area contributed by atoms with Crippen LogP contribution in [0.15, 0.2) is 11.0 Å². The summed E-state index contributed by atoms with van der Waals surface area (Å²) in [5, 5.41) is 19.6. The molecular formula is C19H22N4O4. The zero-order valence-electron chi connectivity index (χ0n) is 14.8. The van der Waals surface area contributed by atoms with Crippen molar-refractivity contribution < 1.29 is 14.9 Å². The Morgan fingerprint density at radius 2 is 2.22 bits per heavy atom. The van der Waals surface area contributed by atoms with Crippen molar-refractivity contribution in [3.05, 3.63) is 22.1 Å². The standard InChI is InChI=1S/C19H22N4O4/c1-2-3-4-5-6-7-8-12-10-23(15-9-13(25)14(11-24)27-15)17-16(12)18(26)22-19(20)21-17/h1,10,13-15,24-25H,3-6,9,11H2,(H3,20,21,22,26)/t13-,14?,15?/m1/s1. The highest BCUT2D eigenvalue weighted by Gasteiger charge is 2.35. The SMILES string of the molecule is C#CCCCCC#Cc1cn(C2C[C@@H](O)C(CO)O2)c2nc(N)[nH]c(=O)c12. The maximum absolute atomic E-state index is 12.4. The molecular weight excluding hydrogens is 348 g/mol. The van der Waals surface area contributed by atoms with E-state index in [4.69, 9.17) is 16.9 Å². The van der Waals surface area contributed by atoms with E-state index in [1.807, 2.05) is 0 Å². The number of aromatic nitrogens is 3. The van der Waals surface area contributed by atoms with Crippen molar-refractivity contribution in [1.82, 2.24) is 14.5 Å². The molecule has 1 aliphatic heterocycles. The molecule has 1 saturated heterocycles. The number of H-pyrrole nitrogens is 1. The summed E-state index contributed by atoms with van der Waals surface area (Å²) in [6.45, 7) is -0.294. The lowest BCUT2D eigenvalue weighted by atomic mass is 10.2. The maximum Gasteiger partial charge on any atom is 0.263 e. The number of nitrogens with zero attached hydrogens (tertiary/aromatic N) is 2. The molecule has 3 heterocycles. The van der Waals surface area contributed by atoms with Crippen molar-refractivity contribution in [2.75, 3.05) is 12.3 Å². The third kappa shape index (κ3) is 3.99. The van der Waals surface area contributed by atoms with Crippen LogP contribution >= 0.6 is 0 Å². The second-order valence-corrected chi connectivity index (χ2v) is 6.43. The minimum Gasteiger partial charge on any atom is -0.394 e. The fourth-order valence-corrected chi connectivity index (χ4v) is 3.14. The number of unbranched alkanes of at least 4 members (excludes halogenated alkanes) is 3. The van der Waals surface area contributed by atoms with Gasteiger partial charge in [-0.05, 0) is 12.8 Å². The van der Waals surface area contributed by atoms with E-state index in [1.165, 1.54) is 0 Å². The lowest BCUT2D eigenvalue weighted by Crippen LogP contribution is -2.24. The molecule has 0 bridgehead atoms. The summed E-state index contributed by atoms with van der Waals surface area (Å²) in [6, 6.07) is 0. The molecule has 1 fully saturated rings. The van der Waals surface area contributed by atoms with E-state index >= 15 is 0 Å². The maximum atomic E-state index is 12.4. The van der Waals surface area contributed by atoms with Crippen molar-refractivity contribution in [2.24, 2.45) is 0 Å². The first kappa shape index (κ1) is 19.0. The minimum absolute atomic E-state index is 0.0158. The van der Waals surface area contributed by atoms with E-state index in [9.17, 15) is 15.0 Å². The largest absolute Gasteiger partial charge is 0.394 e. The number of hydrogen-bond acceptors (Lipinski definition) is 6. The fraction of sp³-hybridized carbons (Fsp3) is 0.474. The number of aliphatic hydroxyl groups is 2. The number of aromatic amines is 1. The van der Waals surface area contributed by atoms with Gasteiger partial charge < -0.3 is 25.3 Å². The van der Waals surface area contributed by atoms with Gasteiger partial charge in [0.25, 0.3) is 5.56 Å². The molecule has 3 rings (SSSR count). The molecule has 0 saturated carbocycles. The zero-order chi connectivity index (χ0) is 19.4. The molecule has 0 aromatic carbocycles. The Balaban J connectivity index is 1.95. The second-order valence-electron chi connectivity index (χ2n) is 6.43. The molecule has 142 valence electrons. The smallest absolute Gasteiger partial charge is 0.263 e. The van der Waals surface area contributed by atoms with Gasteiger partial charge in [-0.2, -0.15) is 4.98 Å². The number of aliphatic hydroxyl groups excluding tert-OH is 2. The molecule has 27 heavy (non-hydrogen) atoms. The van der Waals surface area contributed by atoms with Crippen molar-refractivity contribution in [1.29, 1.82) is 0 Å². The van der Waals surface area contributed by atoms with E-state index in [0.717, 1.165) is 19.3 Å². The lowest BCUT2D eigenvalue weighted by Gasteiger charge is -2.14. The lowest BCUT2D eigenvalue weighted by molar-refractivity contribution is -0.0430. The summed E-state index contributed by atoms with van der Waals surface area (Å²) < 4.78 is 7.32. The van der Waals surface area contributed by atoms with E-state index in [1.54, 1.807) is 10.8 Å². The molecule has 0 aliphatic carbocycles. The van der Waals surface area contributed by atoms with Crippen molar-refractivity contribution in [3.8, 4) is 24.2 Å². The second kappa shape index (κ2) is 8.28. The van der Waals surface area contributed by atoms with Gasteiger partial charge in [0.05, 0.1) is 23.7 Å². The molecule has 5 N–H and O–H groups in total. The highest BCUT2D eigenvalue weighted by Crippen LogP contribution is 2.32. The summed E-state index contributed by atoms with van der Waals surface area (Å²) in [5.74, 6) is 8.64. The summed E-state index contributed by atoms with van der Waals surface area (Å²) in [7, 11) is 0. The van der Waals surface area contributed by atoms with Crippen LogP contribution in [0.5, 0.6) is 0 Å². The first-order valence-electron chi connectivity index (χ1n) is 8.82. The van der Waals surface area contributed by atoms with E-state index in [2.05, 4.69) is 27.7 Å². The number of rotatable bonds is 5. The first-order chi connectivity index (χ1) is 13.0. The summed E-state index contributed by atoms with van der Waals surface area (Å²) in [4.78, 5) is 19.1. The minimum atomic E-state index is -0.803. The van der Waals surface area contributed by atoms with E-state index < -0.39 is 18.4 Å². The van der Waals surface area contributed by atoms with Crippen LogP contribution < -0.4 is 11.3 Å². The Hall–Kier alpha value is -2.78. The molecule has 0 amide bonds. The number of ether oxygens (including phenoxy) is 1. The summed E-state index contributed by atoms with van der Waals surface area (Å²) >= 11 is 0. The predicted octanol–water partition coefficient (Wildman–Crippen LogP) is 0.493. The average Bonchev–Trinajstić information content (AvgIpc) is 3.18. The van der Waals surface area contributed by atoms with Crippen LogP contribution in [0.1, 0.15) is 43.9 Å². The Kier molecular flexibility index (Phi) is 5.82. The van der Waals surface area contributed by atoms with Gasteiger partial charge in [-0.1, -0.05) is 11.8 Å². The molecule has 8 heteroatoms. The molecule has 2 unspecified atom stereocenters. The zero-order valence-corrected chi connectivity index (χ0v) is 14.8. The van der Waals surface area contributed by atoms with Crippen LogP contribution in [0.2, 0.25) is 0 Å². The molecule has 2 aromatic heterocycles. The predicted molar refractivity (Wildman–Crippen MR) is 101 cm³/mol. The molecule has 1 aliphatic rings. The van der Waals surface area contributed by atoms with E-state index in [0.29, 0.717) is 23.0 Å². The summed E-state index contributed by atoms with van der Waals surface area (Å²) in [6.07, 6.45) is 8.29. The Morgan fingerprint density at radius 3 is 2.93 bits per heavy atom. The van der Waals surface area contributed by atoms with Gasteiger partial charge >= 0.3 is 0 Å². The highest BCUT2D eigenvalue weighted by molar-refractivity contribution is 5.83. The van der Waals surface area contributed by atoms with Crippen LogP contribution in [0.4, 0.5) is 5.95 Å². The average molecular weight is 370 g/mol. The number of anilines is 1. The number of nitrogens with two attached hydrogens (primary N) is 1. The van der Waals surface area contributed by atoms with Gasteiger partial charge in [-0.25, -0.2) is 0 Å². The van der Waals surface area contributed by atoms with Crippen molar-refractivity contribution in [3.63, 3.8) is 0 Å². The number of fused-ring (bicyclic) bond motifs is 1.